The lowest BCUT2D eigenvalue weighted by Gasteiger charge is -2.21. The van der Waals surface area contributed by atoms with Crippen LogP contribution in [0.3, 0.4) is 0 Å². The van der Waals surface area contributed by atoms with Crippen LogP contribution in [0.15, 0.2) is 20.1 Å². The minimum Gasteiger partial charge on any atom is -0.285 e. The van der Waals surface area contributed by atoms with Gasteiger partial charge in [-0.3, -0.25) is 14.5 Å². The van der Waals surface area contributed by atoms with Crippen molar-refractivity contribution in [2.45, 2.75) is 0 Å². The molecule has 2 amide bonds. The van der Waals surface area contributed by atoms with E-state index in [-0.39, 0.29) is 20.1 Å². The zero-order chi connectivity index (χ0) is 12.2. The van der Waals surface area contributed by atoms with Gasteiger partial charge in [0.15, 0.2) is 0 Å². The third-order valence-electron chi connectivity index (χ3n) is 2.68. The van der Waals surface area contributed by atoms with Gasteiger partial charge in [0.2, 0.25) is 11.8 Å². The SMILES string of the molecule is CN1C(=O)C2C(Cl)=C(Cl)C(Cl)=C(Cl)C2C1=O. The van der Waals surface area contributed by atoms with Crippen molar-refractivity contribution in [2.75, 3.05) is 7.05 Å². The fourth-order valence-corrected chi connectivity index (χ4v) is 2.97. The molecule has 0 radical (unpaired) electrons. The third kappa shape index (κ3) is 1.42. The number of imide groups is 1. The Labute approximate surface area is 112 Å². The molecule has 16 heavy (non-hydrogen) atoms. The molecule has 2 aliphatic rings. The van der Waals surface area contributed by atoms with Gasteiger partial charge in [0.25, 0.3) is 0 Å². The van der Waals surface area contributed by atoms with Crippen LogP contribution in [0.1, 0.15) is 0 Å². The van der Waals surface area contributed by atoms with Crippen molar-refractivity contribution < 1.29 is 9.59 Å². The second kappa shape index (κ2) is 3.91. The Kier molecular flexibility index (Phi) is 2.99. The van der Waals surface area contributed by atoms with Crippen molar-refractivity contribution in [3.05, 3.63) is 20.1 Å². The second-order valence-electron chi connectivity index (χ2n) is 3.51. The van der Waals surface area contributed by atoms with E-state index in [0.29, 0.717) is 0 Å². The van der Waals surface area contributed by atoms with Crippen LogP contribution in [0.5, 0.6) is 0 Å². The van der Waals surface area contributed by atoms with Crippen LogP contribution >= 0.6 is 46.4 Å². The lowest BCUT2D eigenvalue weighted by molar-refractivity contribution is -0.137. The molecular formula is C9H5Cl4NO2. The van der Waals surface area contributed by atoms with Crippen LogP contribution in [-0.4, -0.2) is 23.8 Å². The van der Waals surface area contributed by atoms with Gasteiger partial charge in [-0.1, -0.05) is 46.4 Å². The van der Waals surface area contributed by atoms with Gasteiger partial charge < -0.3 is 0 Å². The van der Waals surface area contributed by atoms with Crippen LogP contribution in [0.4, 0.5) is 0 Å². The molecule has 0 spiro atoms. The summed E-state index contributed by atoms with van der Waals surface area (Å²) in [5.41, 5.74) is 0. The molecule has 2 unspecified atom stereocenters. The predicted octanol–water partition coefficient (Wildman–Crippen LogP) is 2.61. The fourth-order valence-electron chi connectivity index (χ4n) is 1.80. The Hall–Kier alpha value is -0.220. The van der Waals surface area contributed by atoms with Crippen molar-refractivity contribution in [1.29, 1.82) is 0 Å². The molecule has 1 saturated heterocycles. The lowest BCUT2D eigenvalue weighted by Crippen LogP contribution is -2.26. The highest BCUT2D eigenvalue weighted by Crippen LogP contribution is 2.49. The standard InChI is InChI=1S/C9H5Cl4NO2/c1-14-8(15)2-3(9(14)16)5(11)7(13)6(12)4(2)10/h2-3H,1H3. The number of hydrogen-bond acceptors (Lipinski definition) is 2. The largest absolute Gasteiger partial charge is 0.285 e. The Morgan fingerprint density at radius 3 is 1.50 bits per heavy atom. The molecule has 7 heteroatoms. The first kappa shape index (κ1) is 12.2. The molecule has 0 saturated carbocycles. The van der Waals surface area contributed by atoms with Gasteiger partial charge in [-0.2, -0.15) is 0 Å². The van der Waals surface area contributed by atoms with Gasteiger partial charge in [-0.15, -0.1) is 0 Å². The van der Waals surface area contributed by atoms with Crippen LogP contribution in [0.2, 0.25) is 0 Å². The first-order chi connectivity index (χ1) is 7.37. The van der Waals surface area contributed by atoms with E-state index in [9.17, 15) is 9.59 Å². The smallest absolute Gasteiger partial charge is 0.238 e. The number of amides is 2. The van der Waals surface area contributed by atoms with E-state index >= 15 is 0 Å². The van der Waals surface area contributed by atoms with Crippen molar-refractivity contribution >= 4 is 58.2 Å². The second-order valence-corrected chi connectivity index (χ2v) is 5.09. The normalized spacial score (nSPS) is 30.4. The summed E-state index contributed by atoms with van der Waals surface area (Å²) >= 11 is 23.5. The summed E-state index contributed by atoms with van der Waals surface area (Å²) in [6, 6.07) is 0. The number of nitrogens with zero attached hydrogens (tertiary/aromatic N) is 1. The molecule has 2 atom stereocenters. The first-order valence-corrected chi connectivity index (χ1v) is 5.81. The molecule has 0 aromatic carbocycles. The molecule has 0 N–H and O–H groups in total. The van der Waals surface area contributed by atoms with Crippen molar-refractivity contribution in [2.24, 2.45) is 11.8 Å². The van der Waals surface area contributed by atoms with Gasteiger partial charge >= 0.3 is 0 Å². The minimum absolute atomic E-state index is 0.0334. The molecule has 0 bridgehead atoms. The van der Waals surface area contributed by atoms with Gasteiger partial charge in [0, 0.05) is 7.05 Å². The Morgan fingerprint density at radius 2 is 1.19 bits per heavy atom. The van der Waals surface area contributed by atoms with E-state index in [1.807, 2.05) is 0 Å². The Bertz CT molecular complexity index is 426. The van der Waals surface area contributed by atoms with Crippen molar-refractivity contribution in [3.63, 3.8) is 0 Å². The van der Waals surface area contributed by atoms with Crippen LogP contribution in [0, 0.1) is 11.8 Å². The van der Waals surface area contributed by atoms with Crippen LogP contribution in [0.25, 0.3) is 0 Å². The molecular weight excluding hydrogens is 296 g/mol. The first-order valence-electron chi connectivity index (χ1n) is 4.30. The van der Waals surface area contributed by atoms with Gasteiger partial charge in [0.1, 0.15) is 0 Å². The minimum atomic E-state index is -0.832. The molecule has 1 heterocycles. The molecule has 1 fully saturated rings. The summed E-state index contributed by atoms with van der Waals surface area (Å²) < 4.78 is 0. The third-order valence-corrected chi connectivity index (χ3v) is 4.61. The number of rotatable bonds is 0. The van der Waals surface area contributed by atoms with Crippen molar-refractivity contribution in [3.8, 4) is 0 Å². The lowest BCUT2D eigenvalue weighted by atomic mass is 9.90. The summed E-state index contributed by atoms with van der Waals surface area (Å²) in [5.74, 6) is -2.50. The molecule has 3 nitrogen and oxygen atoms in total. The Balaban J connectivity index is 2.63. The summed E-state index contributed by atoms with van der Waals surface area (Å²) in [6.07, 6.45) is 0. The molecule has 1 aliphatic carbocycles. The van der Waals surface area contributed by atoms with Crippen molar-refractivity contribution in [1.82, 2.24) is 4.90 Å². The maximum absolute atomic E-state index is 11.8. The van der Waals surface area contributed by atoms with Gasteiger partial charge in [-0.05, 0) is 0 Å². The summed E-state index contributed by atoms with van der Waals surface area (Å²) in [4.78, 5) is 24.5. The number of carbonyl (C=O) groups is 2. The zero-order valence-corrected chi connectivity index (χ0v) is 11.0. The number of allylic oxidation sites excluding steroid dienone is 2. The summed E-state index contributed by atoms with van der Waals surface area (Å²) in [6.45, 7) is 0. The van der Waals surface area contributed by atoms with E-state index in [1.54, 1.807) is 0 Å². The fraction of sp³-hybridized carbons (Fsp3) is 0.333. The monoisotopic (exact) mass is 299 g/mol. The highest BCUT2D eigenvalue weighted by atomic mass is 35.5. The highest BCUT2D eigenvalue weighted by Gasteiger charge is 2.52. The number of halogens is 4. The maximum Gasteiger partial charge on any atom is 0.238 e. The molecule has 86 valence electrons. The van der Waals surface area contributed by atoms with E-state index in [0.717, 1.165) is 4.90 Å². The highest BCUT2D eigenvalue weighted by molar-refractivity contribution is 6.52. The topological polar surface area (TPSA) is 37.4 Å². The number of hydrogen-bond donors (Lipinski definition) is 0. The number of likely N-dealkylation sites (tertiary alicyclic amines) is 1. The van der Waals surface area contributed by atoms with E-state index in [4.69, 9.17) is 46.4 Å². The van der Waals surface area contributed by atoms with Gasteiger partial charge in [0.05, 0.1) is 32.0 Å². The quantitative estimate of drug-likeness (QED) is 0.645. The number of carbonyl (C=O) groups excluding carboxylic acids is 2. The zero-order valence-electron chi connectivity index (χ0n) is 7.93. The predicted molar refractivity (Wildman–Crippen MR) is 62.2 cm³/mol. The van der Waals surface area contributed by atoms with Crippen LogP contribution < -0.4 is 0 Å². The van der Waals surface area contributed by atoms with E-state index in [1.165, 1.54) is 7.05 Å². The molecule has 0 aromatic rings. The summed E-state index contributed by atoms with van der Waals surface area (Å²) in [7, 11) is 1.37. The van der Waals surface area contributed by atoms with E-state index < -0.39 is 23.7 Å². The molecule has 0 aromatic heterocycles. The van der Waals surface area contributed by atoms with Gasteiger partial charge in [-0.25, -0.2) is 0 Å². The average Bonchev–Trinajstić information content (AvgIpc) is 2.48. The van der Waals surface area contributed by atoms with Crippen LogP contribution in [-0.2, 0) is 9.59 Å². The van der Waals surface area contributed by atoms with E-state index in [2.05, 4.69) is 0 Å². The Morgan fingerprint density at radius 1 is 0.875 bits per heavy atom. The average molecular weight is 301 g/mol. The molecule has 1 aliphatic heterocycles. The maximum atomic E-state index is 11.8. The number of fused-ring (bicyclic) bond motifs is 1. The molecule has 2 rings (SSSR count). The summed E-state index contributed by atoms with van der Waals surface area (Å²) in [5, 5.41) is 0.213.